The van der Waals surface area contributed by atoms with E-state index in [0.29, 0.717) is 6.54 Å². The topological polar surface area (TPSA) is 80.4 Å². The van der Waals surface area contributed by atoms with E-state index in [2.05, 4.69) is 5.10 Å². The van der Waals surface area contributed by atoms with Crippen LogP contribution in [0, 0.1) is 5.92 Å². The van der Waals surface area contributed by atoms with Crippen LogP contribution in [-0.4, -0.2) is 50.0 Å². The van der Waals surface area contributed by atoms with Crippen LogP contribution in [0.4, 0.5) is 0 Å². The number of amides is 1. The van der Waals surface area contributed by atoms with Gasteiger partial charge in [-0.15, -0.1) is 0 Å². The second-order valence-corrected chi connectivity index (χ2v) is 5.57. The van der Waals surface area contributed by atoms with Crippen molar-refractivity contribution in [2.75, 3.05) is 13.6 Å². The average Bonchev–Trinajstić information content (AvgIpc) is 2.73. The number of aromatic nitrogens is 3. The van der Waals surface area contributed by atoms with Gasteiger partial charge in [-0.1, -0.05) is 12.8 Å². The molecule has 1 heterocycles. The molecule has 0 aromatic carbocycles. The highest BCUT2D eigenvalue weighted by Crippen LogP contribution is 2.24. The number of carbonyl (C=O) groups is 1. The Kier molecular flexibility index (Phi) is 4.59. The number of aliphatic hydroxyl groups is 1. The third-order valence-corrected chi connectivity index (χ3v) is 3.97. The number of hydrogen-bond donors (Lipinski definition) is 1. The summed E-state index contributed by atoms with van der Waals surface area (Å²) in [5.74, 6) is -0.0262. The molecule has 1 amide bonds. The Bertz CT molecular complexity index is 522. The van der Waals surface area contributed by atoms with Crippen molar-refractivity contribution in [1.82, 2.24) is 19.2 Å². The molecule has 20 heavy (non-hydrogen) atoms. The maximum Gasteiger partial charge on any atom is 0.345 e. The van der Waals surface area contributed by atoms with E-state index in [0.717, 1.165) is 30.4 Å². The van der Waals surface area contributed by atoms with E-state index in [9.17, 15) is 14.7 Å². The number of likely N-dealkylation sites (N-methyl/N-ethyl adjacent to an activating group) is 1. The molecule has 1 aromatic heterocycles. The van der Waals surface area contributed by atoms with Gasteiger partial charge in [-0.05, 0) is 12.8 Å². The summed E-state index contributed by atoms with van der Waals surface area (Å²) in [4.78, 5) is 25.3. The first kappa shape index (κ1) is 14.8. The molecule has 2 atom stereocenters. The zero-order valence-electron chi connectivity index (χ0n) is 12.0. The molecule has 1 aliphatic rings. The second-order valence-electron chi connectivity index (χ2n) is 5.57. The predicted molar refractivity (Wildman–Crippen MR) is 73.1 cm³/mol. The summed E-state index contributed by atoms with van der Waals surface area (Å²) >= 11 is 0. The fraction of sp³-hybridized carbons (Fsp3) is 0.769. The maximum absolute atomic E-state index is 12.1. The van der Waals surface area contributed by atoms with Gasteiger partial charge in [0.2, 0.25) is 5.91 Å². The van der Waals surface area contributed by atoms with Crippen LogP contribution in [0.1, 0.15) is 25.7 Å². The fourth-order valence-corrected chi connectivity index (χ4v) is 2.63. The number of hydrogen-bond acceptors (Lipinski definition) is 4. The molecule has 112 valence electrons. The summed E-state index contributed by atoms with van der Waals surface area (Å²) in [5, 5.41) is 13.8. The molecule has 1 aromatic rings. The summed E-state index contributed by atoms with van der Waals surface area (Å²) < 4.78 is 2.48. The largest absolute Gasteiger partial charge is 0.393 e. The number of carbonyl (C=O) groups excluding carboxylic acids is 1. The van der Waals surface area contributed by atoms with Crippen molar-refractivity contribution < 1.29 is 9.90 Å². The highest BCUT2D eigenvalue weighted by molar-refractivity contribution is 5.75. The first-order valence-corrected chi connectivity index (χ1v) is 6.99. The van der Waals surface area contributed by atoms with Gasteiger partial charge in [0, 0.05) is 26.6 Å². The minimum absolute atomic E-state index is 0.0566. The normalized spacial score (nSPS) is 22.8. The number of rotatable bonds is 4. The molecule has 0 aliphatic heterocycles. The van der Waals surface area contributed by atoms with Gasteiger partial charge in [-0.2, -0.15) is 5.10 Å². The fourth-order valence-electron chi connectivity index (χ4n) is 2.63. The molecule has 2 unspecified atom stereocenters. The van der Waals surface area contributed by atoms with Crippen LogP contribution < -0.4 is 5.69 Å². The van der Waals surface area contributed by atoms with Crippen molar-refractivity contribution >= 4 is 5.91 Å². The SMILES string of the molecule is CN(CC1CCCCC1O)C(=O)Cn1ncn(C)c1=O. The third-order valence-electron chi connectivity index (χ3n) is 3.97. The van der Waals surface area contributed by atoms with E-state index < -0.39 is 0 Å². The lowest BCUT2D eigenvalue weighted by Gasteiger charge is -2.31. The van der Waals surface area contributed by atoms with Crippen LogP contribution in [0.3, 0.4) is 0 Å². The van der Waals surface area contributed by atoms with Crippen molar-refractivity contribution in [2.45, 2.75) is 38.3 Å². The predicted octanol–water partition coefficient (Wildman–Crippen LogP) is -0.409. The molecule has 7 heteroatoms. The molecule has 2 rings (SSSR count). The minimum atomic E-state index is -0.323. The van der Waals surface area contributed by atoms with Crippen LogP contribution >= 0.6 is 0 Å². The number of aliphatic hydroxyl groups excluding tert-OH is 1. The smallest absolute Gasteiger partial charge is 0.345 e. The van der Waals surface area contributed by atoms with Gasteiger partial charge in [0.25, 0.3) is 0 Å². The molecular formula is C13H22N4O3. The van der Waals surface area contributed by atoms with E-state index in [1.165, 1.54) is 10.9 Å². The lowest BCUT2D eigenvalue weighted by atomic mass is 9.86. The molecule has 0 saturated heterocycles. The zero-order valence-corrected chi connectivity index (χ0v) is 12.0. The molecule has 0 spiro atoms. The second kappa shape index (κ2) is 6.21. The van der Waals surface area contributed by atoms with Crippen molar-refractivity contribution in [3.05, 3.63) is 16.8 Å². The Labute approximate surface area is 117 Å². The first-order valence-electron chi connectivity index (χ1n) is 6.99. The Morgan fingerprint density at radius 2 is 2.20 bits per heavy atom. The lowest BCUT2D eigenvalue weighted by Crippen LogP contribution is -2.40. The average molecular weight is 282 g/mol. The third kappa shape index (κ3) is 3.27. The maximum atomic E-state index is 12.1. The monoisotopic (exact) mass is 282 g/mol. The Morgan fingerprint density at radius 1 is 1.50 bits per heavy atom. The number of aryl methyl sites for hydroxylation is 1. The van der Waals surface area contributed by atoms with E-state index in [1.54, 1.807) is 19.0 Å². The molecule has 1 saturated carbocycles. The van der Waals surface area contributed by atoms with Crippen molar-refractivity contribution in [3.8, 4) is 0 Å². The molecule has 0 radical (unpaired) electrons. The van der Waals surface area contributed by atoms with Crippen molar-refractivity contribution in [2.24, 2.45) is 13.0 Å². The summed E-state index contributed by atoms with van der Waals surface area (Å²) in [6, 6.07) is 0. The van der Waals surface area contributed by atoms with Crippen LogP contribution in [0.2, 0.25) is 0 Å². The Hall–Kier alpha value is -1.63. The first-order chi connectivity index (χ1) is 9.49. The standard InChI is InChI=1S/C13H22N4O3/c1-15(7-10-5-3-4-6-11(10)18)12(19)8-17-13(20)16(2)9-14-17/h9-11,18H,3-8H2,1-2H3. The molecule has 0 bridgehead atoms. The van der Waals surface area contributed by atoms with Gasteiger partial charge in [-0.25, -0.2) is 9.48 Å². The minimum Gasteiger partial charge on any atom is -0.393 e. The van der Waals surface area contributed by atoms with E-state index in [1.807, 2.05) is 0 Å². The lowest BCUT2D eigenvalue weighted by molar-refractivity contribution is -0.132. The summed E-state index contributed by atoms with van der Waals surface area (Å²) in [6.45, 7) is 0.473. The summed E-state index contributed by atoms with van der Waals surface area (Å²) in [5.41, 5.74) is -0.301. The van der Waals surface area contributed by atoms with Gasteiger partial charge in [-0.3, -0.25) is 9.36 Å². The van der Waals surface area contributed by atoms with Crippen molar-refractivity contribution in [1.29, 1.82) is 0 Å². The highest BCUT2D eigenvalue weighted by Gasteiger charge is 2.25. The van der Waals surface area contributed by atoms with Gasteiger partial charge >= 0.3 is 5.69 Å². The van der Waals surface area contributed by atoms with Gasteiger partial charge in [0.1, 0.15) is 12.9 Å². The van der Waals surface area contributed by atoms with E-state index in [-0.39, 0.29) is 30.2 Å². The molecule has 1 N–H and O–H groups in total. The highest BCUT2D eigenvalue weighted by atomic mass is 16.3. The zero-order chi connectivity index (χ0) is 14.7. The molecule has 1 aliphatic carbocycles. The molecule has 7 nitrogen and oxygen atoms in total. The van der Waals surface area contributed by atoms with Crippen LogP contribution in [0.25, 0.3) is 0 Å². The van der Waals surface area contributed by atoms with Gasteiger partial charge in [0.15, 0.2) is 0 Å². The Balaban J connectivity index is 1.91. The molecular weight excluding hydrogens is 260 g/mol. The van der Waals surface area contributed by atoms with Crippen LogP contribution in [0.15, 0.2) is 11.1 Å². The summed E-state index contributed by atoms with van der Waals surface area (Å²) in [7, 11) is 3.30. The summed E-state index contributed by atoms with van der Waals surface area (Å²) in [6.07, 6.45) is 4.98. The van der Waals surface area contributed by atoms with Crippen molar-refractivity contribution in [3.63, 3.8) is 0 Å². The van der Waals surface area contributed by atoms with E-state index >= 15 is 0 Å². The van der Waals surface area contributed by atoms with Crippen LogP contribution in [0.5, 0.6) is 0 Å². The van der Waals surface area contributed by atoms with Crippen LogP contribution in [-0.2, 0) is 18.4 Å². The number of nitrogens with zero attached hydrogens (tertiary/aromatic N) is 4. The van der Waals surface area contributed by atoms with Gasteiger partial charge < -0.3 is 10.0 Å². The van der Waals surface area contributed by atoms with E-state index in [4.69, 9.17) is 0 Å². The molecule has 1 fully saturated rings. The quantitative estimate of drug-likeness (QED) is 0.814. The Morgan fingerprint density at radius 3 is 2.80 bits per heavy atom. The van der Waals surface area contributed by atoms with Gasteiger partial charge in [0.05, 0.1) is 6.10 Å².